The van der Waals surface area contributed by atoms with Crippen LogP contribution < -0.4 is 0 Å². The first-order valence-electron chi connectivity index (χ1n) is 7.62. The highest BCUT2D eigenvalue weighted by Crippen LogP contribution is 2.18. The van der Waals surface area contributed by atoms with Gasteiger partial charge in [-0.1, -0.05) is 50.3 Å². The second-order valence-corrected chi connectivity index (χ2v) is 6.85. The maximum absolute atomic E-state index is 5.98. The molecule has 0 radical (unpaired) electrons. The van der Waals surface area contributed by atoms with Gasteiger partial charge in [0.05, 0.1) is 6.10 Å². The van der Waals surface area contributed by atoms with E-state index in [1.165, 1.54) is 11.1 Å². The molecule has 3 heteroatoms. The molecule has 1 aromatic carbocycles. The molecule has 0 spiro atoms. The number of hydrogen-bond acceptors (Lipinski definition) is 2. The fourth-order valence-electron chi connectivity index (χ4n) is 2.36. The summed E-state index contributed by atoms with van der Waals surface area (Å²) in [4.78, 5) is 0. The monoisotopic (exact) mass is 292 g/mol. The van der Waals surface area contributed by atoms with Crippen molar-refractivity contribution in [1.29, 1.82) is 0 Å². The van der Waals surface area contributed by atoms with Gasteiger partial charge in [-0.25, -0.2) is 0 Å². The third-order valence-corrected chi connectivity index (χ3v) is 5.93. The van der Waals surface area contributed by atoms with E-state index in [1.807, 2.05) is 12.1 Å². The smallest absolute Gasteiger partial charge is 0.167 e. The molecule has 0 aliphatic carbocycles. The molecule has 0 bridgehead atoms. The predicted molar refractivity (Wildman–Crippen MR) is 89.9 cm³/mol. The Balaban J connectivity index is 2.35. The normalized spacial score (nSPS) is 14.6. The SMILES string of the molecule is C=Cc1ccccc1CCO[SiH2]C(CC)C(C)OCC. The maximum atomic E-state index is 5.98. The summed E-state index contributed by atoms with van der Waals surface area (Å²) in [5.74, 6) is 0. The van der Waals surface area contributed by atoms with Crippen molar-refractivity contribution in [3.63, 3.8) is 0 Å². The summed E-state index contributed by atoms with van der Waals surface area (Å²) in [5, 5.41) is 0. The Morgan fingerprint density at radius 3 is 2.70 bits per heavy atom. The first-order chi connectivity index (χ1) is 9.72. The summed E-state index contributed by atoms with van der Waals surface area (Å²) in [7, 11) is -0.528. The van der Waals surface area contributed by atoms with E-state index in [4.69, 9.17) is 9.16 Å². The van der Waals surface area contributed by atoms with Crippen LogP contribution in [0.4, 0.5) is 0 Å². The molecule has 0 amide bonds. The van der Waals surface area contributed by atoms with E-state index in [2.05, 4.69) is 45.5 Å². The molecule has 0 aliphatic rings. The van der Waals surface area contributed by atoms with Crippen molar-refractivity contribution in [3.8, 4) is 0 Å². The summed E-state index contributed by atoms with van der Waals surface area (Å²) in [6.45, 7) is 11.9. The molecular weight excluding hydrogens is 264 g/mol. The molecular formula is C17H28O2Si. The standard InChI is InChI=1S/C17H28O2Si/c1-5-15-10-8-9-11-16(15)12-13-19-20-17(6-2)14(4)18-7-3/h5,8-11,14,17H,1,6-7,12-13,20H2,2-4H3. The minimum absolute atomic E-state index is 0.331. The highest BCUT2D eigenvalue weighted by Gasteiger charge is 2.16. The first-order valence-corrected chi connectivity index (χ1v) is 9.01. The minimum atomic E-state index is -0.528. The zero-order chi connectivity index (χ0) is 14.8. The lowest BCUT2D eigenvalue weighted by Crippen LogP contribution is -2.23. The van der Waals surface area contributed by atoms with Crippen LogP contribution >= 0.6 is 0 Å². The number of ether oxygens (including phenoxy) is 1. The van der Waals surface area contributed by atoms with Crippen molar-refractivity contribution in [3.05, 3.63) is 42.0 Å². The lowest BCUT2D eigenvalue weighted by molar-refractivity contribution is 0.0665. The van der Waals surface area contributed by atoms with E-state index in [-0.39, 0.29) is 0 Å². The Bertz CT molecular complexity index is 392. The molecule has 0 fully saturated rings. The summed E-state index contributed by atoms with van der Waals surface area (Å²) in [5.41, 5.74) is 3.15. The summed E-state index contributed by atoms with van der Waals surface area (Å²) in [6, 6.07) is 8.38. The zero-order valence-corrected chi connectivity index (χ0v) is 14.5. The molecule has 2 unspecified atom stereocenters. The van der Waals surface area contributed by atoms with Gasteiger partial charge in [-0.05, 0) is 36.9 Å². The molecule has 2 atom stereocenters. The average molecular weight is 292 g/mol. The van der Waals surface area contributed by atoms with Crippen molar-refractivity contribution in [2.75, 3.05) is 13.2 Å². The summed E-state index contributed by atoms with van der Waals surface area (Å²) < 4.78 is 11.7. The van der Waals surface area contributed by atoms with Crippen molar-refractivity contribution in [2.45, 2.75) is 45.3 Å². The molecule has 1 rings (SSSR count). The van der Waals surface area contributed by atoms with Gasteiger partial charge in [0.15, 0.2) is 9.76 Å². The molecule has 0 saturated heterocycles. The van der Waals surface area contributed by atoms with Crippen LogP contribution in [0.1, 0.15) is 38.3 Å². The van der Waals surface area contributed by atoms with Crippen LogP contribution in [0.5, 0.6) is 0 Å². The van der Waals surface area contributed by atoms with Gasteiger partial charge in [0.1, 0.15) is 0 Å². The van der Waals surface area contributed by atoms with E-state index in [9.17, 15) is 0 Å². The Kier molecular flexibility index (Phi) is 8.50. The van der Waals surface area contributed by atoms with E-state index in [0.29, 0.717) is 11.6 Å². The Labute approximate surface area is 126 Å². The third-order valence-electron chi connectivity index (χ3n) is 3.74. The van der Waals surface area contributed by atoms with Gasteiger partial charge < -0.3 is 9.16 Å². The molecule has 1 aromatic rings. The van der Waals surface area contributed by atoms with E-state index < -0.39 is 9.76 Å². The molecule has 0 saturated carbocycles. The van der Waals surface area contributed by atoms with Gasteiger partial charge in [-0.15, -0.1) is 0 Å². The van der Waals surface area contributed by atoms with Crippen LogP contribution in [0.15, 0.2) is 30.8 Å². The number of rotatable bonds is 10. The molecule has 0 N–H and O–H groups in total. The van der Waals surface area contributed by atoms with Crippen molar-refractivity contribution >= 4 is 15.8 Å². The van der Waals surface area contributed by atoms with Crippen LogP contribution in [0, 0.1) is 0 Å². The van der Waals surface area contributed by atoms with Crippen molar-refractivity contribution in [1.82, 2.24) is 0 Å². The largest absolute Gasteiger partial charge is 0.423 e. The second-order valence-electron chi connectivity index (χ2n) is 5.06. The van der Waals surface area contributed by atoms with Crippen LogP contribution in [0.25, 0.3) is 6.08 Å². The highest BCUT2D eigenvalue weighted by atomic mass is 28.2. The van der Waals surface area contributed by atoms with Gasteiger partial charge in [0.25, 0.3) is 0 Å². The lowest BCUT2D eigenvalue weighted by Gasteiger charge is -2.22. The molecule has 112 valence electrons. The molecule has 0 heterocycles. The van der Waals surface area contributed by atoms with Crippen LogP contribution in [0.3, 0.4) is 0 Å². The summed E-state index contributed by atoms with van der Waals surface area (Å²) in [6.07, 6.45) is 4.36. The quantitative estimate of drug-likeness (QED) is 0.484. The highest BCUT2D eigenvalue weighted by molar-refractivity contribution is 6.29. The third kappa shape index (κ3) is 5.61. The van der Waals surface area contributed by atoms with Gasteiger partial charge in [0, 0.05) is 13.2 Å². The lowest BCUT2D eigenvalue weighted by atomic mass is 10.1. The van der Waals surface area contributed by atoms with E-state index in [0.717, 1.165) is 26.1 Å². The number of benzene rings is 1. The maximum Gasteiger partial charge on any atom is 0.167 e. The Morgan fingerprint density at radius 2 is 2.05 bits per heavy atom. The van der Waals surface area contributed by atoms with E-state index in [1.54, 1.807) is 0 Å². The predicted octanol–water partition coefficient (Wildman–Crippen LogP) is 3.60. The van der Waals surface area contributed by atoms with Crippen LogP contribution in [-0.2, 0) is 15.6 Å². The van der Waals surface area contributed by atoms with Crippen LogP contribution in [-0.4, -0.2) is 29.1 Å². The molecule has 0 aliphatic heterocycles. The first kappa shape index (κ1) is 17.1. The molecule has 2 nitrogen and oxygen atoms in total. The zero-order valence-electron chi connectivity index (χ0n) is 13.1. The topological polar surface area (TPSA) is 18.5 Å². The fourth-order valence-corrected chi connectivity index (χ4v) is 3.62. The van der Waals surface area contributed by atoms with Crippen LogP contribution in [0.2, 0.25) is 5.54 Å². The molecule has 0 aromatic heterocycles. The Morgan fingerprint density at radius 1 is 1.30 bits per heavy atom. The van der Waals surface area contributed by atoms with Gasteiger partial charge in [-0.3, -0.25) is 0 Å². The van der Waals surface area contributed by atoms with Gasteiger partial charge in [0.2, 0.25) is 0 Å². The van der Waals surface area contributed by atoms with Crippen molar-refractivity contribution in [2.24, 2.45) is 0 Å². The van der Waals surface area contributed by atoms with E-state index >= 15 is 0 Å². The van der Waals surface area contributed by atoms with Crippen molar-refractivity contribution < 1.29 is 9.16 Å². The summed E-state index contributed by atoms with van der Waals surface area (Å²) >= 11 is 0. The minimum Gasteiger partial charge on any atom is -0.423 e. The Hall–Kier alpha value is -0.903. The fraction of sp³-hybridized carbons (Fsp3) is 0.529. The van der Waals surface area contributed by atoms with Gasteiger partial charge in [-0.2, -0.15) is 0 Å². The number of hydrogen-bond donors (Lipinski definition) is 0. The van der Waals surface area contributed by atoms with Gasteiger partial charge >= 0.3 is 0 Å². The average Bonchev–Trinajstić information content (AvgIpc) is 2.48. The molecule has 20 heavy (non-hydrogen) atoms. The second kappa shape index (κ2) is 9.92.